The molecular formula is C13H22N2O2S. The van der Waals surface area contributed by atoms with E-state index >= 15 is 0 Å². The Balaban J connectivity index is 1.64. The van der Waals surface area contributed by atoms with Crippen LogP contribution in [0.2, 0.25) is 0 Å². The van der Waals surface area contributed by atoms with Gasteiger partial charge >= 0.3 is 0 Å². The highest BCUT2D eigenvalue weighted by molar-refractivity contribution is 7.80. The van der Waals surface area contributed by atoms with E-state index < -0.39 is 0 Å². The van der Waals surface area contributed by atoms with E-state index in [9.17, 15) is 4.79 Å². The van der Waals surface area contributed by atoms with Gasteiger partial charge in [-0.05, 0) is 37.9 Å². The van der Waals surface area contributed by atoms with E-state index in [0.717, 1.165) is 45.1 Å². The maximum Gasteiger partial charge on any atom is 0.229 e. The zero-order valence-corrected chi connectivity index (χ0v) is 11.6. The van der Waals surface area contributed by atoms with Gasteiger partial charge in [0.05, 0.1) is 6.10 Å². The lowest BCUT2D eigenvalue weighted by molar-refractivity contribution is -0.124. The number of hydrogen-bond acceptors (Lipinski definition) is 3. The van der Waals surface area contributed by atoms with Crippen molar-refractivity contribution in [1.29, 1.82) is 0 Å². The molecule has 1 amide bonds. The predicted octanol–water partition coefficient (Wildman–Crippen LogP) is 1.74. The lowest BCUT2D eigenvalue weighted by Crippen LogP contribution is -2.44. The summed E-state index contributed by atoms with van der Waals surface area (Å²) in [7, 11) is 0. The highest BCUT2D eigenvalue weighted by atomic mass is 32.1. The van der Waals surface area contributed by atoms with Gasteiger partial charge in [-0.1, -0.05) is 19.3 Å². The summed E-state index contributed by atoms with van der Waals surface area (Å²) in [6.07, 6.45) is 8.02. The Morgan fingerprint density at radius 1 is 1.17 bits per heavy atom. The summed E-state index contributed by atoms with van der Waals surface area (Å²) in [6.45, 7) is 1.54. The van der Waals surface area contributed by atoms with Gasteiger partial charge in [0.2, 0.25) is 5.91 Å². The summed E-state index contributed by atoms with van der Waals surface area (Å²) in [5.41, 5.74) is 0. The average molecular weight is 270 g/mol. The second-order valence-electron chi connectivity index (χ2n) is 5.17. The standard InChI is InChI=1S/C13H22N2O2S/c16-12(10-5-2-1-3-6-10)15-13(18)14-9-11-7-4-8-17-11/h10-11H,1-9H2,(H2,14,15,16,18). The first-order valence-corrected chi connectivity index (χ1v) is 7.37. The number of carbonyl (C=O) groups is 1. The SMILES string of the molecule is O=C(NC(=S)NCC1CCCO1)C1CCCCC1. The summed E-state index contributed by atoms with van der Waals surface area (Å²) < 4.78 is 5.49. The maximum absolute atomic E-state index is 11.9. The lowest BCUT2D eigenvalue weighted by atomic mass is 9.89. The number of thiocarbonyl (C=S) groups is 1. The summed E-state index contributed by atoms with van der Waals surface area (Å²) in [5, 5.41) is 6.31. The molecule has 1 aliphatic heterocycles. The van der Waals surface area contributed by atoms with Gasteiger partial charge in [0.15, 0.2) is 5.11 Å². The van der Waals surface area contributed by atoms with Crippen LogP contribution in [0.15, 0.2) is 0 Å². The van der Waals surface area contributed by atoms with Gasteiger partial charge in [-0.3, -0.25) is 4.79 Å². The first-order chi connectivity index (χ1) is 8.75. The molecule has 2 fully saturated rings. The zero-order chi connectivity index (χ0) is 12.8. The van der Waals surface area contributed by atoms with Crippen molar-refractivity contribution < 1.29 is 9.53 Å². The van der Waals surface area contributed by atoms with Gasteiger partial charge in [0, 0.05) is 19.1 Å². The number of carbonyl (C=O) groups excluding carboxylic acids is 1. The third kappa shape index (κ3) is 4.21. The minimum atomic E-state index is 0.0829. The zero-order valence-electron chi connectivity index (χ0n) is 10.7. The first kappa shape index (κ1) is 13.7. The highest BCUT2D eigenvalue weighted by Crippen LogP contribution is 2.23. The van der Waals surface area contributed by atoms with E-state index in [0.29, 0.717) is 11.7 Å². The van der Waals surface area contributed by atoms with Crippen molar-refractivity contribution in [1.82, 2.24) is 10.6 Å². The van der Waals surface area contributed by atoms with Crippen LogP contribution in [0.25, 0.3) is 0 Å². The quantitative estimate of drug-likeness (QED) is 0.767. The van der Waals surface area contributed by atoms with Crippen molar-refractivity contribution >= 4 is 23.2 Å². The number of hydrogen-bond donors (Lipinski definition) is 2. The molecule has 0 aromatic rings. The molecule has 1 atom stereocenters. The van der Waals surface area contributed by atoms with Crippen LogP contribution in [0.4, 0.5) is 0 Å². The molecule has 2 rings (SSSR count). The van der Waals surface area contributed by atoms with Crippen molar-refractivity contribution in [3.8, 4) is 0 Å². The smallest absolute Gasteiger partial charge is 0.229 e. The monoisotopic (exact) mass is 270 g/mol. The van der Waals surface area contributed by atoms with Crippen molar-refractivity contribution in [3.05, 3.63) is 0 Å². The van der Waals surface area contributed by atoms with Gasteiger partial charge in [-0.2, -0.15) is 0 Å². The number of nitrogens with one attached hydrogen (secondary N) is 2. The van der Waals surface area contributed by atoms with Crippen LogP contribution in [0.1, 0.15) is 44.9 Å². The molecule has 18 heavy (non-hydrogen) atoms. The van der Waals surface area contributed by atoms with Crippen LogP contribution in [0.5, 0.6) is 0 Å². The minimum absolute atomic E-state index is 0.0829. The molecular weight excluding hydrogens is 248 g/mol. The fourth-order valence-electron chi connectivity index (χ4n) is 2.63. The lowest BCUT2D eigenvalue weighted by Gasteiger charge is -2.21. The molecule has 102 valence electrons. The fourth-order valence-corrected chi connectivity index (χ4v) is 2.82. The molecule has 0 spiro atoms. The fraction of sp³-hybridized carbons (Fsp3) is 0.846. The third-order valence-electron chi connectivity index (χ3n) is 3.73. The summed E-state index contributed by atoms with van der Waals surface area (Å²) >= 11 is 5.14. The molecule has 0 aromatic heterocycles. The van der Waals surface area contributed by atoms with E-state index in [4.69, 9.17) is 17.0 Å². The summed E-state index contributed by atoms with van der Waals surface area (Å²) in [5.74, 6) is 0.237. The van der Waals surface area contributed by atoms with Crippen molar-refractivity contribution in [3.63, 3.8) is 0 Å². The van der Waals surface area contributed by atoms with Gasteiger partial charge in [-0.25, -0.2) is 0 Å². The Morgan fingerprint density at radius 3 is 2.61 bits per heavy atom. The van der Waals surface area contributed by atoms with E-state index in [-0.39, 0.29) is 17.9 Å². The molecule has 1 aliphatic carbocycles. The largest absolute Gasteiger partial charge is 0.376 e. The molecule has 1 unspecified atom stereocenters. The third-order valence-corrected chi connectivity index (χ3v) is 3.97. The minimum Gasteiger partial charge on any atom is -0.376 e. The Morgan fingerprint density at radius 2 is 1.94 bits per heavy atom. The first-order valence-electron chi connectivity index (χ1n) is 6.96. The van der Waals surface area contributed by atoms with E-state index in [1.54, 1.807) is 0 Å². The van der Waals surface area contributed by atoms with E-state index in [1.165, 1.54) is 6.42 Å². The highest BCUT2D eigenvalue weighted by Gasteiger charge is 2.22. The molecule has 5 heteroatoms. The Labute approximate surface area is 114 Å². The maximum atomic E-state index is 11.9. The van der Waals surface area contributed by atoms with Crippen LogP contribution in [0.3, 0.4) is 0 Å². The second-order valence-corrected chi connectivity index (χ2v) is 5.58. The van der Waals surface area contributed by atoms with Crippen molar-refractivity contribution in [2.24, 2.45) is 5.92 Å². The molecule has 0 radical (unpaired) electrons. The number of ether oxygens (including phenoxy) is 1. The Hall–Kier alpha value is -0.680. The van der Waals surface area contributed by atoms with E-state index in [2.05, 4.69) is 10.6 Å². The summed E-state index contributed by atoms with van der Waals surface area (Å²) in [6, 6.07) is 0. The summed E-state index contributed by atoms with van der Waals surface area (Å²) in [4.78, 5) is 11.9. The van der Waals surface area contributed by atoms with Gasteiger partial charge in [0.1, 0.15) is 0 Å². The molecule has 0 aromatic carbocycles. The van der Waals surface area contributed by atoms with Gasteiger partial charge < -0.3 is 15.4 Å². The van der Waals surface area contributed by atoms with Crippen LogP contribution in [-0.4, -0.2) is 30.3 Å². The average Bonchev–Trinajstić information content (AvgIpc) is 2.90. The van der Waals surface area contributed by atoms with Crippen molar-refractivity contribution in [2.45, 2.75) is 51.0 Å². The molecule has 2 N–H and O–H groups in total. The number of amides is 1. The Kier molecular flexibility index (Phi) is 5.38. The molecule has 2 aliphatic rings. The molecule has 0 bridgehead atoms. The molecule has 4 nitrogen and oxygen atoms in total. The molecule has 1 saturated heterocycles. The van der Waals surface area contributed by atoms with E-state index in [1.807, 2.05) is 0 Å². The van der Waals surface area contributed by atoms with Crippen LogP contribution in [0, 0.1) is 5.92 Å². The molecule has 1 heterocycles. The normalized spacial score (nSPS) is 24.8. The Bertz CT molecular complexity index is 297. The van der Waals surface area contributed by atoms with Crippen LogP contribution < -0.4 is 10.6 Å². The van der Waals surface area contributed by atoms with Gasteiger partial charge in [0.25, 0.3) is 0 Å². The topological polar surface area (TPSA) is 50.4 Å². The van der Waals surface area contributed by atoms with Crippen LogP contribution >= 0.6 is 12.2 Å². The number of rotatable bonds is 3. The molecule has 1 saturated carbocycles. The van der Waals surface area contributed by atoms with Crippen LogP contribution in [-0.2, 0) is 9.53 Å². The van der Waals surface area contributed by atoms with Gasteiger partial charge in [-0.15, -0.1) is 0 Å². The predicted molar refractivity (Wildman–Crippen MR) is 74.3 cm³/mol. The second kappa shape index (κ2) is 7.04. The van der Waals surface area contributed by atoms with Crippen molar-refractivity contribution in [2.75, 3.05) is 13.2 Å².